The molecular weight excluding hydrogens is 98.1 g/mol. The van der Waals surface area contributed by atoms with E-state index < -0.39 is 0 Å². The molecule has 0 aromatic rings. The van der Waals surface area contributed by atoms with Crippen LogP contribution in [0, 0.1) is 0 Å². The van der Waals surface area contributed by atoms with Crippen molar-refractivity contribution < 1.29 is 0 Å². The van der Waals surface area contributed by atoms with E-state index in [4.69, 9.17) is 0 Å². The molecule has 0 spiro atoms. The molecule has 0 amide bonds. The summed E-state index contributed by atoms with van der Waals surface area (Å²) in [6.07, 6.45) is 1.54. The third-order valence-corrected chi connectivity index (χ3v) is 0.349. The van der Waals surface area contributed by atoms with Crippen LogP contribution in [-0.2, 0) is 0 Å². The van der Waals surface area contributed by atoms with E-state index in [1.165, 1.54) is 6.20 Å². The molecule has 0 heterocycles. The summed E-state index contributed by atoms with van der Waals surface area (Å²) >= 11 is 0. The van der Waals surface area contributed by atoms with Crippen molar-refractivity contribution in [3.8, 4) is 0 Å². The monoisotopic (exact) mass is 111 g/mol. The highest BCUT2D eigenvalue weighted by Gasteiger charge is 1.64. The fourth-order valence-corrected chi connectivity index (χ4v) is 0.183. The lowest BCUT2D eigenvalue weighted by Gasteiger charge is -1.76. The standard InChI is InChI=1S/C5H9N.C2H4/c1-4-6-5(2)3;1-2/h4H,1H2,2-3H3;1-2H2. The van der Waals surface area contributed by atoms with Gasteiger partial charge in [-0.25, -0.2) is 0 Å². The molecular formula is C7H13N. The Kier molecular flexibility index (Phi) is 12.1. The van der Waals surface area contributed by atoms with Crippen LogP contribution in [0.2, 0.25) is 0 Å². The summed E-state index contributed by atoms with van der Waals surface area (Å²) in [7, 11) is 0. The van der Waals surface area contributed by atoms with Crippen LogP contribution in [0.3, 0.4) is 0 Å². The van der Waals surface area contributed by atoms with Crippen LogP contribution in [-0.4, -0.2) is 5.71 Å². The van der Waals surface area contributed by atoms with Crippen LogP contribution in [0.1, 0.15) is 13.8 Å². The molecule has 46 valence electrons. The van der Waals surface area contributed by atoms with Gasteiger partial charge >= 0.3 is 0 Å². The van der Waals surface area contributed by atoms with Crippen molar-refractivity contribution in [3.63, 3.8) is 0 Å². The van der Waals surface area contributed by atoms with Crippen LogP contribution in [0.5, 0.6) is 0 Å². The Hall–Kier alpha value is -0.850. The van der Waals surface area contributed by atoms with E-state index in [2.05, 4.69) is 24.7 Å². The second-order valence-electron chi connectivity index (χ2n) is 1.26. The van der Waals surface area contributed by atoms with E-state index in [0.717, 1.165) is 5.71 Å². The van der Waals surface area contributed by atoms with E-state index >= 15 is 0 Å². The van der Waals surface area contributed by atoms with Gasteiger partial charge in [-0.3, -0.25) is 4.99 Å². The molecule has 0 N–H and O–H groups in total. The zero-order valence-corrected chi connectivity index (χ0v) is 5.65. The molecule has 0 radical (unpaired) electrons. The maximum Gasteiger partial charge on any atom is 0.0194 e. The van der Waals surface area contributed by atoms with Crippen molar-refractivity contribution >= 4 is 5.71 Å². The van der Waals surface area contributed by atoms with E-state index in [9.17, 15) is 0 Å². The van der Waals surface area contributed by atoms with Crippen LogP contribution in [0.25, 0.3) is 0 Å². The zero-order valence-electron chi connectivity index (χ0n) is 5.65. The lowest BCUT2D eigenvalue weighted by Crippen LogP contribution is -1.73. The molecule has 0 bridgehead atoms. The Labute approximate surface area is 51.5 Å². The minimum absolute atomic E-state index is 1.05. The SMILES string of the molecule is C=C.C=CN=C(C)C. The van der Waals surface area contributed by atoms with Gasteiger partial charge in [0.25, 0.3) is 0 Å². The van der Waals surface area contributed by atoms with Crippen molar-refractivity contribution in [2.75, 3.05) is 0 Å². The van der Waals surface area contributed by atoms with E-state index in [1.807, 2.05) is 13.8 Å². The summed E-state index contributed by atoms with van der Waals surface area (Å²) in [5.74, 6) is 0. The molecule has 8 heavy (non-hydrogen) atoms. The van der Waals surface area contributed by atoms with Gasteiger partial charge < -0.3 is 0 Å². The molecule has 0 saturated carbocycles. The van der Waals surface area contributed by atoms with Gasteiger partial charge in [-0.15, -0.1) is 13.2 Å². The minimum atomic E-state index is 1.05. The van der Waals surface area contributed by atoms with E-state index in [-0.39, 0.29) is 0 Å². The highest BCUT2D eigenvalue weighted by molar-refractivity contribution is 5.79. The van der Waals surface area contributed by atoms with Crippen molar-refractivity contribution in [1.29, 1.82) is 0 Å². The largest absolute Gasteiger partial charge is 0.267 e. The highest BCUT2D eigenvalue weighted by atomic mass is 14.7. The normalized spacial score (nSPS) is 5.75. The van der Waals surface area contributed by atoms with Crippen LogP contribution >= 0.6 is 0 Å². The van der Waals surface area contributed by atoms with Gasteiger partial charge in [0.15, 0.2) is 0 Å². The number of nitrogens with zero attached hydrogens (tertiary/aromatic N) is 1. The summed E-state index contributed by atoms with van der Waals surface area (Å²) in [6.45, 7) is 13.3. The van der Waals surface area contributed by atoms with Gasteiger partial charge in [-0.2, -0.15) is 0 Å². The second kappa shape index (κ2) is 9.47. The van der Waals surface area contributed by atoms with E-state index in [0.29, 0.717) is 0 Å². The van der Waals surface area contributed by atoms with Crippen molar-refractivity contribution in [2.45, 2.75) is 13.8 Å². The fraction of sp³-hybridized carbons (Fsp3) is 0.286. The quantitative estimate of drug-likeness (QED) is 0.364. The van der Waals surface area contributed by atoms with Gasteiger partial charge in [-0.1, -0.05) is 6.58 Å². The molecule has 0 aliphatic heterocycles. The first-order chi connectivity index (χ1) is 3.77. The summed E-state index contributed by atoms with van der Waals surface area (Å²) in [5, 5.41) is 0. The Bertz CT molecular complexity index is 78.4. The van der Waals surface area contributed by atoms with E-state index in [1.54, 1.807) is 0 Å². The summed E-state index contributed by atoms with van der Waals surface area (Å²) in [6, 6.07) is 0. The third-order valence-electron chi connectivity index (χ3n) is 0.349. The average Bonchev–Trinajstić information content (AvgIpc) is 1.72. The Morgan fingerprint density at radius 3 is 1.75 bits per heavy atom. The van der Waals surface area contributed by atoms with Gasteiger partial charge in [0.05, 0.1) is 0 Å². The maximum atomic E-state index is 3.81. The minimum Gasteiger partial charge on any atom is -0.267 e. The summed E-state index contributed by atoms with van der Waals surface area (Å²) < 4.78 is 0. The Morgan fingerprint density at radius 1 is 1.38 bits per heavy atom. The number of rotatable bonds is 1. The molecule has 0 rings (SSSR count). The Balaban J connectivity index is 0. The van der Waals surface area contributed by atoms with Crippen molar-refractivity contribution in [1.82, 2.24) is 0 Å². The van der Waals surface area contributed by atoms with Crippen LogP contribution in [0.15, 0.2) is 30.9 Å². The molecule has 1 nitrogen and oxygen atoms in total. The van der Waals surface area contributed by atoms with Gasteiger partial charge in [0.1, 0.15) is 0 Å². The predicted molar refractivity (Wildman–Crippen MR) is 40.2 cm³/mol. The lowest BCUT2D eigenvalue weighted by atomic mass is 10.5. The predicted octanol–water partition coefficient (Wildman–Crippen LogP) is 2.41. The fourth-order valence-electron chi connectivity index (χ4n) is 0.183. The van der Waals surface area contributed by atoms with Crippen LogP contribution < -0.4 is 0 Å². The lowest BCUT2D eigenvalue weighted by molar-refractivity contribution is 1.52. The van der Waals surface area contributed by atoms with Gasteiger partial charge in [0, 0.05) is 11.9 Å². The molecule has 1 heteroatoms. The smallest absolute Gasteiger partial charge is 0.0194 e. The first-order valence-electron chi connectivity index (χ1n) is 2.39. The summed E-state index contributed by atoms with van der Waals surface area (Å²) in [4.78, 5) is 3.81. The molecule has 0 aromatic heterocycles. The van der Waals surface area contributed by atoms with Crippen molar-refractivity contribution in [3.05, 3.63) is 25.9 Å². The van der Waals surface area contributed by atoms with Crippen molar-refractivity contribution in [2.24, 2.45) is 4.99 Å². The Morgan fingerprint density at radius 2 is 1.75 bits per heavy atom. The molecule has 0 unspecified atom stereocenters. The maximum absolute atomic E-state index is 3.81. The average molecular weight is 111 g/mol. The topological polar surface area (TPSA) is 12.4 Å². The third kappa shape index (κ3) is 19.2. The number of hydrogen-bond acceptors (Lipinski definition) is 1. The molecule has 0 aliphatic rings. The number of aliphatic imine (C=N–C) groups is 1. The summed E-state index contributed by atoms with van der Waals surface area (Å²) in [5.41, 5.74) is 1.05. The van der Waals surface area contributed by atoms with Gasteiger partial charge in [-0.05, 0) is 13.8 Å². The second-order valence-corrected chi connectivity index (χ2v) is 1.26. The molecule has 0 atom stereocenters. The van der Waals surface area contributed by atoms with Crippen LogP contribution in [0.4, 0.5) is 0 Å². The molecule has 0 aromatic carbocycles. The molecule has 0 fully saturated rings. The highest BCUT2D eigenvalue weighted by Crippen LogP contribution is 1.71. The first-order valence-corrected chi connectivity index (χ1v) is 2.39. The first kappa shape index (κ1) is 10.2. The molecule has 0 aliphatic carbocycles. The van der Waals surface area contributed by atoms with Gasteiger partial charge in [0.2, 0.25) is 0 Å². The zero-order chi connectivity index (χ0) is 6.99. The molecule has 0 saturated heterocycles. The number of hydrogen-bond donors (Lipinski definition) is 0.